The Hall–Kier alpha value is -4.11. The minimum Gasteiger partial charge on any atom is -0.497 e. The van der Waals surface area contributed by atoms with Gasteiger partial charge in [0.15, 0.2) is 9.84 Å². The van der Waals surface area contributed by atoms with E-state index in [-0.39, 0.29) is 35.3 Å². The Labute approximate surface area is 215 Å². The van der Waals surface area contributed by atoms with Crippen molar-refractivity contribution in [2.24, 2.45) is 0 Å². The molecule has 2 amide bonds. The number of carbonyl (C=O) groups is 2. The number of nitrogens with one attached hydrogen (secondary N) is 2. The highest BCUT2D eigenvalue weighted by Gasteiger charge is 2.29. The van der Waals surface area contributed by atoms with Crippen LogP contribution in [0, 0.1) is 0 Å². The van der Waals surface area contributed by atoms with E-state index in [1.165, 1.54) is 4.90 Å². The molecule has 8 nitrogen and oxygen atoms in total. The van der Waals surface area contributed by atoms with Crippen LogP contribution in [0.15, 0.2) is 77.7 Å². The van der Waals surface area contributed by atoms with E-state index in [0.29, 0.717) is 28.3 Å². The van der Waals surface area contributed by atoms with Gasteiger partial charge < -0.3 is 19.9 Å². The van der Waals surface area contributed by atoms with Crippen LogP contribution in [-0.2, 0) is 38.0 Å². The summed E-state index contributed by atoms with van der Waals surface area (Å²) < 4.78 is 31.9. The van der Waals surface area contributed by atoms with Gasteiger partial charge in [-0.15, -0.1) is 0 Å². The third-order valence-corrected chi connectivity index (χ3v) is 8.34. The van der Waals surface area contributed by atoms with E-state index in [1.807, 2.05) is 24.3 Å². The number of aromatic nitrogens is 1. The third-order valence-electron chi connectivity index (χ3n) is 6.69. The van der Waals surface area contributed by atoms with Crippen molar-refractivity contribution >= 4 is 38.2 Å². The SMILES string of the molecule is COc1ccc(N(C)C(=O)[C@@H]2Cc3cccc(c3)S(=O)(=O)Cc3[nH]c4ccccc4c3CC(=O)N2)cc1. The summed E-state index contributed by atoms with van der Waals surface area (Å²) in [6, 6.07) is 20.1. The van der Waals surface area contributed by atoms with Crippen LogP contribution in [-0.4, -0.2) is 45.4 Å². The molecule has 37 heavy (non-hydrogen) atoms. The molecule has 0 spiro atoms. The van der Waals surface area contributed by atoms with Crippen molar-refractivity contribution in [1.82, 2.24) is 10.3 Å². The zero-order valence-electron chi connectivity index (χ0n) is 20.5. The van der Waals surface area contributed by atoms with Crippen LogP contribution in [0.2, 0.25) is 0 Å². The molecule has 2 bridgehead atoms. The number of amides is 2. The lowest BCUT2D eigenvalue weighted by molar-refractivity contribution is -0.127. The van der Waals surface area contributed by atoms with Crippen molar-refractivity contribution < 1.29 is 22.7 Å². The fraction of sp³-hybridized carbons (Fsp3) is 0.214. The number of nitrogens with zero attached hydrogens (tertiary/aromatic N) is 1. The maximum absolute atomic E-state index is 13.6. The van der Waals surface area contributed by atoms with Crippen molar-refractivity contribution in [3.05, 3.63) is 89.6 Å². The molecular weight excluding hydrogens is 490 g/mol. The number of fused-ring (bicyclic) bond motifs is 5. The highest BCUT2D eigenvalue weighted by molar-refractivity contribution is 7.90. The van der Waals surface area contributed by atoms with Gasteiger partial charge in [-0.05, 0) is 53.6 Å². The smallest absolute Gasteiger partial charge is 0.249 e. The second-order valence-corrected chi connectivity index (χ2v) is 11.1. The summed E-state index contributed by atoms with van der Waals surface area (Å²) in [4.78, 5) is 31.7. The molecule has 0 saturated heterocycles. The van der Waals surface area contributed by atoms with Crippen LogP contribution < -0.4 is 15.0 Å². The first-order chi connectivity index (χ1) is 17.7. The molecule has 3 aromatic carbocycles. The van der Waals surface area contributed by atoms with E-state index in [4.69, 9.17) is 4.74 Å². The normalized spacial score (nSPS) is 17.1. The Morgan fingerprint density at radius 3 is 2.54 bits per heavy atom. The number of H-pyrrole nitrogens is 1. The van der Waals surface area contributed by atoms with Crippen LogP contribution in [0.25, 0.3) is 10.9 Å². The van der Waals surface area contributed by atoms with Crippen LogP contribution >= 0.6 is 0 Å². The fourth-order valence-electron chi connectivity index (χ4n) is 4.73. The molecule has 1 aliphatic rings. The molecule has 1 aromatic heterocycles. The van der Waals surface area contributed by atoms with Gasteiger partial charge in [-0.1, -0.05) is 30.3 Å². The van der Waals surface area contributed by atoms with Gasteiger partial charge in [0, 0.05) is 35.8 Å². The average Bonchev–Trinajstić information content (AvgIpc) is 3.23. The second-order valence-electron chi connectivity index (χ2n) is 9.13. The highest BCUT2D eigenvalue weighted by atomic mass is 32.2. The lowest BCUT2D eigenvalue weighted by Crippen LogP contribution is -2.49. The second kappa shape index (κ2) is 9.74. The van der Waals surface area contributed by atoms with E-state index in [2.05, 4.69) is 10.3 Å². The summed E-state index contributed by atoms with van der Waals surface area (Å²) in [5.41, 5.74) is 3.12. The number of sulfone groups is 1. The maximum atomic E-state index is 13.6. The van der Waals surface area contributed by atoms with E-state index in [0.717, 1.165) is 10.9 Å². The number of likely N-dealkylation sites (N-methyl/N-ethyl adjacent to an activating group) is 1. The third kappa shape index (κ3) is 4.95. The summed E-state index contributed by atoms with van der Waals surface area (Å²) in [6.07, 6.45) is 0.0913. The zero-order valence-corrected chi connectivity index (χ0v) is 21.3. The Balaban J connectivity index is 1.56. The van der Waals surface area contributed by atoms with E-state index in [9.17, 15) is 18.0 Å². The molecular formula is C28H27N3O5S. The number of methoxy groups -OCH3 is 1. The monoisotopic (exact) mass is 517 g/mol. The van der Waals surface area contributed by atoms with E-state index in [1.54, 1.807) is 62.7 Å². The Morgan fingerprint density at radius 2 is 1.78 bits per heavy atom. The van der Waals surface area contributed by atoms with Gasteiger partial charge in [-0.25, -0.2) is 8.42 Å². The standard InChI is InChI=1S/C28H27N3O5S/c1-31(19-10-12-20(36-2)13-11-19)28(33)25-15-18-6-5-7-21(14-18)37(34,35)17-26-23(16-27(32)30-25)22-8-3-4-9-24(22)29-26/h3-14,25,29H,15-17H2,1-2H3,(H,30,32)/t25-/m0/s1. The molecule has 4 aromatic rings. The topological polar surface area (TPSA) is 109 Å². The first kappa shape index (κ1) is 24.6. The minimum atomic E-state index is -3.70. The molecule has 0 fully saturated rings. The van der Waals surface area contributed by atoms with Gasteiger partial charge in [-0.2, -0.15) is 0 Å². The number of ether oxygens (including phenoxy) is 1. The van der Waals surface area contributed by atoms with Crippen molar-refractivity contribution in [1.29, 1.82) is 0 Å². The molecule has 190 valence electrons. The van der Waals surface area contributed by atoms with Crippen LogP contribution in [0.4, 0.5) is 5.69 Å². The molecule has 1 atom stereocenters. The predicted molar refractivity (Wildman–Crippen MR) is 141 cm³/mol. The first-order valence-corrected chi connectivity index (χ1v) is 13.5. The lowest BCUT2D eigenvalue weighted by Gasteiger charge is -2.25. The molecule has 9 heteroatoms. The Kier molecular flexibility index (Phi) is 6.47. The molecule has 1 aliphatic heterocycles. The summed E-state index contributed by atoms with van der Waals surface area (Å²) >= 11 is 0. The summed E-state index contributed by atoms with van der Waals surface area (Å²) in [5, 5.41) is 3.70. The van der Waals surface area contributed by atoms with Crippen molar-refractivity contribution in [3.63, 3.8) is 0 Å². The molecule has 0 aliphatic carbocycles. The van der Waals surface area contributed by atoms with Gasteiger partial charge in [0.25, 0.3) is 0 Å². The maximum Gasteiger partial charge on any atom is 0.249 e. The van der Waals surface area contributed by atoms with Crippen LogP contribution in [0.5, 0.6) is 5.75 Å². The molecule has 0 saturated carbocycles. The highest BCUT2D eigenvalue weighted by Crippen LogP contribution is 2.28. The largest absolute Gasteiger partial charge is 0.497 e. The molecule has 2 N–H and O–H groups in total. The van der Waals surface area contributed by atoms with E-state index >= 15 is 0 Å². The number of benzene rings is 3. The van der Waals surface area contributed by atoms with Gasteiger partial charge in [0.05, 0.1) is 24.2 Å². The van der Waals surface area contributed by atoms with Gasteiger partial charge in [0.1, 0.15) is 11.8 Å². The summed E-state index contributed by atoms with van der Waals surface area (Å²) in [5.74, 6) is -0.267. The number of hydrogen-bond donors (Lipinski definition) is 2. The predicted octanol–water partition coefficient (Wildman–Crippen LogP) is 3.40. The molecule has 0 radical (unpaired) electrons. The quantitative estimate of drug-likeness (QED) is 0.433. The van der Waals surface area contributed by atoms with Crippen molar-refractivity contribution in [3.8, 4) is 5.75 Å². The number of carbonyl (C=O) groups excluding carboxylic acids is 2. The van der Waals surface area contributed by atoms with Crippen molar-refractivity contribution in [2.75, 3.05) is 19.1 Å². The number of rotatable bonds is 3. The van der Waals surface area contributed by atoms with Gasteiger partial charge in [0.2, 0.25) is 11.8 Å². The zero-order chi connectivity index (χ0) is 26.2. The first-order valence-electron chi connectivity index (χ1n) is 11.9. The van der Waals surface area contributed by atoms with Gasteiger partial charge >= 0.3 is 0 Å². The summed E-state index contributed by atoms with van der Waals surface area (Å²) in [6.45, 7) is 0. The molecule has 0 unspecified atom stereocenters. The summed E-state index contributed by atoms with van der Waals surface area (Å²) in [7, 11) is -0.491. The fourth-order valence-corrected chi connectivity index (χ4v) is 6.14. The average molecular weight is 518 g/mol. The molecule has 2 heterocycles. The molecule has 5 rings (SSSR count). The number of aromatic amines is 1. The minimum absolute atomic E-state index is 0.0567. The number of para-hydroxylation sites is 1. The van der Waals surface area contributed by atoms with Crippen molar-refractivity contribution in [2.45, 2.75) is 29.5 Å². The van der Waals surface area contributed by atoms with E-state index < -0.39 is 15.9 Å². The van der Waals surface area contributed by atoms with Gasteiger partial charge in [-0.3, -0.25) is 9.59 Å². The lowest BCUT2D eigenvalue weighted by atomic mass is 10.0. The number of anilines is 1. The van der Waals surface area contributed by atoms with Crippen LogP contribution in [0.1, 0.15) is 16.8 Å². The number of hydrogen-bond acceptors (Lipinski definition) is 5. The Morgan fingerprint density at radius 1 is 1.03 bits per heavy atom. The Bertz CT molecular complexity index is 1590. The van der Waals surface area contributed by atoms with Crippen LogP contribution in [0.3, 0.4) is 0 Å².